The zero-order valence-electron chi connectivity index (χ0n) is 16.2. The quantitative estimate of drug-likeness (QED) is 0.709. The maximum atomic E-state index is 12.8. The summed E-state index contributed by atoms with van der Waals surface area (Å²) in [4.78, 5) is 19.6. The van der Waals surface area contributed by atoms with Crippen LogP contribution in [-0.2, 0) is 19.5 Å². The summed E-state index contributed by atoms with van der Waals surface area (Å²) >= 11 is 0. The van der Waals surface area contributed by atoms with Crippen molar-refractivity contribution in [1.29, 1.82) is 0 Å². The smallest absolute Gasteiger partial charge is 0.255 e. The number of pyridine rings is 2. The van der Waals surface area contributed by atoms with E-state index in [4.69, 9.17) is 0 Å². The second-order valence-corrected chi connectivity index (χ2v) is 8.31. The van der Waals surface area contributed by atoms with E-state index in [1.165, 1.54) is 50.5 Å². The highest BCUT2D eigenvalue weighted by Crippen LogP contribution is 2.30. The van der Waals surface area contributed by atoms with Gasteiger partial charge in [-0.2, -0.15) is 0 Å². The molecule has 1 unspecified atom stereocenters. The maximum absolute atomic E-state index is 12.8. The number of rotatable bonds is 8. The summed E-state index contributed by atoms with van der Waals surface area (Å²) in [5.74, 6) is 0.730. The molecule has 27 heavy (non-hydrogen) atoms. The topological polar surface area (TPSA) is 38.1 Å². The fraction of sp³-hybridized carbons (Fsp3) is 0.565. The van der Waals surface area contributed by atoms with E-state index in [1.807, 2.05) is 35.3 Å². The van der Waals surface area contributed by atoms with Crippen molar-refractivity contribution >= 4 is 0 Å². The number of likely N-dealkylation sites (tertiary alicyclic amines) is 1. The second kappa shape index (κ2) is 8.83. The van der Waals surface area contributed by atoms with Gasteiger partial charge in [0.1, 0.15) is 0 Å². The molecule has 0 bridgehead atoms. The third-order valence-corrected chi connectivity index (χ3v) is 6.10. The van der Waals surface area contributed by atoms with Gasteiger partial charge < -0.3 is 4.57 Å². The average molecular weight is 366 g/mol. The van der Waals surface area contributed by atoms with Crippen molar-refractivity contribution in [3.05, 3.63) is 64.3 Å². The Bertz CT molecular complexity index is 782. The van der Waals surface area contributed by atoms with Crippen LogP contribution in [-0.4, -0.2) is 27.0 Å². The van der Waals surface area contributed by atoms with Crippen molar-refractivity contribution in [3.8, 4) is 0 Å². The van der Waals surface area contributed by atoms with Gasteiger partial charge in [0, 0.05) is 43.3 Å². The molecule has 4 heteroatoms. The molecule has 2 aromatic rings. The maximum Gasteiger partial charge on any atom is 0.255 e. The summed E-state index contributed by atoms with van der Waals surface area (Å²) in [6.07, 6.45) is 15.7. The molecule has 0 spiro atoms. The van der Waals surface area contributed by atoms with Crippen LogP contribution in [0.4, 0.5) is 0 Å². The zero-order valence-corrected chi connectivity index (χ0v) is 16.2. The first-order valence-corrected chi connectivity index (χ1v) is 10.6. The summed E-state index contributed by atoms with van der Waals surface area (Å²) in [5.41, 5.74) is 2.52. The second-order valence-electron chi connectivity index (χ2n) is 8.31. The van der Waals surface area contributed by atoms with Crippen LogP contribution >= 0.6 is 0 Å². The Morgan fingerprint density at radius 1 is 1.11 bits per heavy atom. The van der Waals surface area contributed by atoms with Crippen molar-refractivity contribution in [2.75, 3.05) is 6.54 Å². The number of hydrogen-bond acceptors (Lipinski definition) is 3. The van der Waals surface area contributed by atoms with E-state index in [9.17, 15) is 4.79 Å². The number of aromatic nitrogens is 2. The zero-order chi connectivity index (χ0) is 18.5. The van der Waals surface area contributed by atoms with Crippen LogP contribution in [0.2, 0.25) is 0 Å². The average Bonchev–Trinajstić information content (AvgIpc) is 3.51. The van der Waals surface area contributed by atoms with Gasteiger partial charge in [-0.3, -0.25) is 14.7 Å². The molecule has 1 aliphatic carbocycles. The highest BCUT2D eigenvalue weighted by Gasteiger charge is 2.25. The molecule has 2 aromatic heterocycles. The van der Waals surface area contributed by atoms with Gasteiger partial charge in [0.15, 0.2) is 0 Å². The lowest BCUT2D eigenvalue weighted by atomic mass is 9.95. The Morgan fingerprint density at radius 2 is 2.04 bits per heavy atom. The molecule has 2 aliphatic rings. The Morgan fingerprint density at radius 3 is 2.85 bits per heavy atom. The van der Waals surface area contributed by atoms with Crippen molar-refractivity contribution in [3.63, 3.8) is 0 Å². The molecule has 1 saturated heterocycles. The van der Waals surface area contributed by atoms with E-state index >= 15 is 0 Å². The summed E-state index contributed by atoms with van der Waals surface area (Å²) in [5, 5.41) is 0. The van der Waals surface area contributed by atoms with Crippen molar-refractivity contribution < 1.29 is 0 Å². The molecular weight excluding hydrogens is 334 g/mol. The van der Waals surface area contributed by atoms with E-state index in [0.29, 0.717) is 6.04 Å². The molecule has 3 heterocycles. The predicted molar refractivity (Wildman–Crippen MR) is 109 cm³/mol. The molecule has 0 aromatic carbocycles. The van der Waals surface area contributed by atoms with Gasteiger partial charge >= 0.3 is 0 Å². The number of nitrogens with zero attached hydrogens (tertiary/aromatic N) is 3. The molecule has 4 nitrogen and oxygen atoms in total. The SMILES string of the molecule is O=c1c(CN2CCCCC2CCCc2cccnc2)cccn1CC1CC1. The lowest BCUT2D eigenvalue weighted by Gasteiger charge is -2.35. The minimum atomic E-state index is 0.226. The summed E-state index contributed by atoms with van der Waals surface area (Å²) in [6.45, 7) is 2.83. The Kier molecular flexibility index (Phi) is 6.03. The van der Waals surface area contributed by atoms with Crippen LogP contribution in [0.25, 0.3) is 0 Å². The van der Waals surface area contributed by atoms with E-state index in [0.717, 1.165) is 37.5 Å². The van der Waals surface area contributed by atoms with Gasteiger partial charge in [0.25, 0.3) is 5.56 Å². The lowest BCUT2D eigenvalue weighted by Crippen LogP contribution is -2.40. The van der Waals surface area contributed by atoms with Crippen molar-refractivity contribution in [2.45, 2.75) is 70.5 Å². The largest absolute Gasteiger partial charge is 0.315 e. The van der Waals surface area contributed by atoms with Gasteiger partial charge in [-0.05, 0) is 75.1 Å². The first kappa shape index (κ1) is 18.4. The first-order chi connectivity index (χ1) is 13.3. The Labute approximate surface area is 162 Å². The monoisotopic (exact) mass is 365 g/mol. The first-order valence-electron chi connectivity index (χ1n) is 10.6. The molecule has 0 amide bonds. The summed E-state index contributed by atoms with van der Waals surface area (Å²) < 4.78 is 1.94. The molecule has 144 valence electrons. The van der Waals surface area contributed by atoms with E-state index in [1.54, 1.807) is 0 Å². The number of piperidine rings is 1. The standard InChI is InChI=1S/C23H31N3O/c27-23-21(8-5-15-26(23)17-20-11-12-20)18-25-14-2-1-9-22(25)10-3-6-19-7-4-13-24-16-19/h4-5,7-8,13,15-16,20,22H,1-3,6,9-12,14,17-18H2. The van der Waals surface area contributed by atoms with Gasteiger partial charge in [-0.25, -0.2) is 0 Å². The van der Waals surface area contributed by atoms with Gasteiger partial charge in [0.05, 0.1) is 0 Å². The molecule has 2 fully saturated rings. The fourth-order valence-electron chi connectivity index (χ4n) is 4.33. The van der Waals surface area contributed by atoms with Crippen molar-refractivity contribution in [2.24, 2.45) is 5.92 Å². The molecule has 0 N–H and O–H groups in total. The van der Waals surface area contributed by atoms with Crippen LogP contribution in [0.15, 0.2) is 47.7 Å². The highest BCUT2D eigenvalue weighted by atomic mass is 16.1. The molecule has 1 aliphatic heterocycles. The van der Waals surface area contributed by atoms with Crippen LogP contribution in [0.5, 0.6) is 0 Å². The summed E-state index contributed by atoms with van der Waals surface area (Å²) in [7, 11) is 0. The van der Waals surface area contributed by atoms with Crippen molar-refractivity contribution in [1.82, 2.24) is 14.5 Å². The highest BCUT2D eigenvalue weighted by molar-refractivity contribution is 5.11. The third-order valence-electron chi connectivity index (χ3n) is 6.10. The molecule has 0 radical (unpaired) electrons. The van der Waals surface area contributed by atoms with Crippen LogP contribution in [0.1, 0.15) is 56.1 Å². The van der Waals surface area contributed by atoms with E-state index in [2.05, 4.69) is 22.0 Å². The van der Waals surface area contributed by atoms with E-state index < -0.39 is 0 Å². The molecule has 1 atom stereocenters. The Balaban J connectivity index is 1.36. The van der Waals surface area contributed by atoms with Gasteiger partial charge in [-0.15, -0.1) is 0 Å². The minimum absolute atomic E-state index is 0.226. The fourth-order valence-corrected chi connectivity index (χ4v) is 4.33. The van der Waals surface area contributed by atoms with Crippen LogP contribution < -0.4 is 5.56 Å². The van der Waals surface area contributed by atoms with E-state index in [-0.39, 0.29) is 5.56 Å². The van der Waals surface area contributed by atoms with Crippen LogP contribution in [0.3, 0.4) is 0 Å². The lowest BCUT2D eigenvalue weighted by molar-refractivity contribution is 0.129. The summed E-state index contributed by atoms with van der Waals surface area (Å²) in [6, 6.07) is 8.88. The Hall–Kier alpha value is -1.94. The minimum Gasteiger partial charge on any atom is -0.315 e. The van der Waals surface area contributed by atoms with Gasteiger partial charge in [0.2, 0.25) is 0 Å². The molecule has 4 rings (SSSR count). The van der Waals surface area contributed by atoms with Gasteiger partial charge in [-0.1, -0.05) is 18.6 Å². The van der Waals surface area contributed by atoms with Crippen LogP contribution in [0, 0.1) is 5.92 Å². The molecule has 1 saturated carbocycles. The predicted octanol–water partition coefficient (Wildman–Crippen LogP) is 4.03. The normalized spacial score (nSPS) is 20.7. The molecular formula is C23H31N3O. The third kappa shape index (κ3) is 5.07. The number of hydrogen-bond donors (Lipinski definition) is 0. The number of aryl methyl sites for hydroxylation is 1.